The van der Waals surface area contributed by atoms with E-state index < -0.39 is 0 Å². The fraction of sp³-hybridized carbons (Fsp3) is 0.476. The Hall–Kier alpha value is -0.790. The number of hydrogen-bond donors (Lipinski definition) is 3. The molecule has 0 amide bonds. The number of nitrogen functional groups attached to an aromatic ring is 1. The Morgan fingerprint density at radius 3 is 2.50 bits per heavy atom. The highest BCUT2D eigenvalue weighted by molar-refractivity contribution is 5.86. The van der Waals surface area contributed by atoms with Crippen LogP contribution in [0.4, 0.5) is 5.82 Å². The van der Waals surface area contributed by atoms with Gasteiger partial charge in [0, 0.05) is 44.0 Å². The minimum Gasteiger partial charge on any atom is -0.384 e. The number of benzene rings is 1. The van der Waals surface area contributed by atoms with Crippen molar-refractivity contribution in [2.45, 2.75) is 31.5 Å². The number of hydrogen-bond acceptors (Lipinski definition) is 5. The first-order valence-corrected chi connectivity index (χ1v) is 9.71. The molecule has 2 fully saturated rings. The highest BCUT2D eigenvalue weighted by Gasteiger charge is 2.31. The van der Waals surface area contributed by atoms with Gasteiger partial charge in [-0.15, -0.1) is 49.6 Å². The maximum atomic E-state index is 5.83. The minimum absolute atomic E-state index is 0. The molecule has 30 heavy (non-hydrogen) atoms. The van der Waals surface area contributed by atoms with Gasteiger partial charge in [0.25, 0.3) is 0 Å². The highest BCUT2D eigenvalue weighted by atomic mass is 35.5. The molecule has 5 nitrogen and oxygen atoms in total. The van der Waals surface area contributed by atoms with E-state index in [2.05, 4.69) is 56.9 Å². The Kier molecular flexibility index (Phi) is 13.9. The van der Waals surface area contributed by atoms with Crippen LogP contribution in [0.2, 0.25) is 0 Å². The Bertz CT molecular complexity index is 722. The van der Waals surface area contributed by atoms with Gasteiger partial charge in [0.1, 0.15) is 5.82 Å². The lowest BCUT2D eigenvalue weighted by Gasteiger charge is -2.24. The van der Waals surface area contributed by atoms with Crippen molar-refractivity contribution in [1.82, 2.24) is 20.5 Å². The average Bonchev–Trinajstić information content (AvgIpc) is 3.26. The molecule has 3 atom stereocenters. The fourth-order valence-corrected chi connectivity index (χ4v) is 4.28. The molecule has 2 aliphatic heterocycles. The summed E-state index contributed by atoms with van der Waals surface area (Å²) < 4.78 is 0. The van der Waals surface area contributed by atoms with Crippen LogP contribution in [0.3, 0.4) is 0 Å². The number of pyridine rings is 1. The number of nitrogens with zero attached hydrogens (tertiary/aromatic N) is 2. The van der Waals surface area contributed by atoms with Gasteiger partial charge in [-0.1, -0.05) is 36.4 Å². The van der Waals surface area contributed by atoms with Crippen molar-refractivity contribution >= 4 is 55.4 Å². The van der Waals surface area contributed by atoms with Crippen LogP contribution in [0.5, 0.6) is 0 Å². The first-order valence-electron chi connectivity index (χ1n) is 9.71. The van der Waals surface area contributed by atoms with Gasteiger partial charge in [-0.25, -0.2) is 4.98 Å². The third-order valence-corrected chi connectivity index (χ3v) is 5.61. The summed E-state index contributed by atoms with van der Waals surface area (Å²) in [6.45, 7) is 5.46. The van der Waals surface area contributed by atoms with Gasteiger partial charge in [-0.05, 0) is 43.0 Å². The second-order valence-corrected chi connectivity index (χ2v) is 7.66. The third-order valence-electron chi connectivity index (χ3n) is 5.61. The molecule has 4 N–H and O–H groups in total. The summed E-state index contributed by atoms with van der Waals surface area (Å²) >= 11 is 0. The Morgan fingerprint density at radius 1 is 1.00 bits per heavy atom. The van der Waals surface area contributed by atoms with Crippen molar-refractivity contribution in [3.8, 4) is 0 Å². The number of aromatic nitrogens is 1. The Balaban J connectivity index is 0.00000210. The van der Waals surface area contributed by atoms with Crippen molar-refractivity contribution in [1.29, 1.82) is 0 Å². The van der Waals surface area contributed by atoms with E-state index in [-0.39, 0.29) is 49.6 Å². The highest BCUT2D eigenvalue weighted by Crippen LogP contribution is 2.19. The molecule has 0 aliphatic carbocycles. The van der Waals surface area contributed by atoms with Gasteiger partial charge >= 0.3 is 0 Å². The van der Waals surface area contributed by atoms with Crippen molar-refractivity contribution in [3.63, 3.8) is 0 Å². The number of anilines is 1. The van der Waals surface area contributed by atoms with Crippen molar-refractivity contribution in [2.75, 3.05) is 31.9 Å². The summed E-state index contributed by atoms with van der Waals surface area (Å²) in [6.07, 6.45) is 2.21. The van der Waals surface area contributed by atoms with E-state index in [0.29, 0.717) is 23.8 Å². The Labute approximate surface area is 204 Å². The molecule has 0 spiro atoms. The number of nitrogens with two attached hydrogens (primary N) is 1. The molecule has 0 radical (unpaired) electrons. The lowest BCUT2D eigenvalue weighted by molar-refractivity contribution is 0.307. The quantitative estimate of drug-likeness (QED) is 0.572. The largest absolute Gasteiger partial charge is 0.384 e. The van der Waals surface area contributed by atoms with E-state index in [4.69, 9.17) is 5.73 Å². The van der Waals surface area contributed by atoms with E-state index in [0.717, 1.165) is 38.3 Å². The van der Waals surface area contributed by atoms with Crippen LogP contribution < -0.4 is 16.4 Å². The zero-order valence-corrected chi connectivity index (χ0v) is 20.2. The zero-order chi connectivity index (χ0) is 17.8. The van der Waals surface area contributed by atoms with Gasteiger partial charge in [-0.2, -0.15) is 0 Å². The minimum atomic E-state index is 0. The fourth-order valence-electron chi connectivity index (χ4n) is 4.28. The van der Waals surface area contributed by atoms with Gasteiger partial charge in [0.15, 0.2) is 0 Å². The van der Waals surface area contributed by atoms with Crippen LogP contribution in [-0.2, 0) is 13.0 Å². The van der Waals surface area contributed by atoms with Gasteiger partial charge in [-0.3, -0.25) is 4.90 Å². The third kappa shape index (κ3) is 8.04. The summed E-state index contributed by atoms with van der Waals surface area (Å²) in [5, 5.41) is 7.46. The second-order valence-electron chi connectivity index (χ2n) is 7.66. The van der Waals surface area contributed by atoms with Gasteiger partial charge < -0.3 is 16.4 Å². The van der Waals surface area contributed by atoms with Crippen LogP contribution in [0.25, 0.3) is 0 Å². The van der Waals surface area contributed by atoms with Crippen LogP contribution in [0, 0.1) is 5.92 Å². The maximum Gasteiger partial charge on any atom is 0.123 e. The van der Waals surface area contributed by atoms with E-state index in [1.807, 2.05) is 12.1 Å². The molecule has 3 heterocycles. The van der Waals surface area contributed by atoms with E-state index in [1.165, 1.54) is 18.5 Å². The van der Waals surface area contributed by atoms with Crippen molar-refractivity contribution in [3.05, 3.63) is 59.8 Å². The maximum absolute atomic E-state index is 5.83. The summed E-state index contributed by atoms with van der Waals surface area (Å²) in [7, 11) is 0. The molecule has 2 saturated heterocycles. The molecule has 9 heteroatoms. The number of likely N-dealkylation sites (tertiary alicyclic amines) is 1. The molecule has 170 valence electrons. The summed E-state index contributed by atoms with van der Waals surface area (Å²) in [5.74, 6) is 1.19. The smallest absolute Gasteiger partial charge is 0.123 e. The van der Waals surface area contributed by atoms with Crippen LogP contribution in [0.15, 0.2) is 48.5 Å². The molecule has 1 aromatic carbocycles. The zero-order valence-electron chi connectivity index (χ0n) is 16.9. The van der Waals surface area contributed by atoms with E-state index >= 15 is 0 Å². The normalized spacial score (nSPS) is 22.9. The van der Waals surface area contributed by atoms with Crippen LogP contribution >= 0.6 is 49.6 Å². The van der Waals surface area contributed by atoms with Gasteiger partial charge in [0.05, 0.1) is 0 Å². The van der Waals surface area contributed by atoms with Gasteiger partial charge in [0.2, 0.25) is 0 Å². The first kappa shape index (κ1) is 29.2. The lowest BCUT2D eigenvalue weighted by Crippen LogP contribution is -2.44. The first-order chi connectivity index (χ1) is 12.8. The molecule has 0 unspecified atom stereocenters. The molecule has 2 aromatic rings. The molecular formula is C21H33Cl4N5. The van der Waals surface area contributed by atoms with E-state index in [1.54, 1.807) is 0 Å². The number of nitrogens with one attached hydrogen (secondary N) is 2. The molecule has 0 saturated carbocycles. The lowest BCUT2D eigenvalue weighted by atomic mass is 9.96. The van der Waals surface area contributed by atoms with Crippen molar-refractivity contribution in [2.24, 2.45) is 5.92 Å². The van der Waals surface area contributed by atoms with E-state index in [9.17, 15) is 0 Å². The summed E-state index contributed by atoms with van der Waals surface area (Å²) in [5.41, 5.74) is 8.33. The van der Waals surface area contributed by atoms with Crippen LogP contribution in [-0.4, -0.2) is 48.1 Å². The monoisotopic (exact) mass is 495 g/mol. The Morgan fingerprint density at radius 2 is 1.77 bits per heavy atom. The number of rotatable bonds is 6. The summed E-state index contributed by atoms with van der Waals surface area (Å²) in [6, 6.07) is 17.8. The summed E-state index contributed by atoms with van der Waals surface area (Å²) in [4.78, 5) is 7.04. The molecule has 4 rings (SSSR count). The predicted molar refractivity (Wildman–Crippen MR) is 135 cm³/mol. The molecule has 1 aromatic heterocycles. The topological polar surface area (TPSA) is 66.2 Å². The number of halogens is 4. The predicted octanol–water partition coefficient (Wildman–Crippen LogP) is 3.35. The SMILES string of the molecule is Cl.Cl.Cl.Cl.Nc1cccc(C[C@H]2CNC[C@@H]2N[C@H]2CCN(Cc3ccccc3)C2)n1. The van der Waals surface area contributed by atoms with Crippen molar-refractivity contribution < 1.29 is 0 Å². The average molecular weight is 497 g/mol. The molecule has 0 bridgehead atoms. The molecule has 2 aliphatic rings. The second kappa shape index (κ2) is 14.3. The van der Waals surface area contributed by atoms with Crippen LogP contribution in [0.1, 0.15) is 17.7 Å². The molecular weight excluding hydrogens is 464 g/mol. The standard InChI is InChI=1S/C21H29N5.4ClH/c22-21-8-4-7-18(25-21)11-17-12-23-13-20(17)24-19-9-10-26(15-19)14-16-5-2-1-3-6-16;;;;/h1-8,17,19-20,23-24H,9-15H2,(H2,22,25);4*1H/t17-,19-,20-;;;;/m0..../s1.